The van der Waals surface area contributed by atoms with Crippen LogP contribution in [0, 0.1) is 0 Å². The van der Waals surface area contributed by atoms with Crippen LogP contribution >= 0.6 is 0 Å². The molecule has 0 unspecified atom stereocenters. The van der Waals surface area contributed by atoms with E-state index in [2.05, 4.69) is 20.8 Å². The van der Waals surface area contributed by atoms with Crippen molar-refractivity contribution >= 4 is 5.97 Å². The van der Waals surface area contributed by atoms with Crippen molar-refractivity contribution in [2.45, 2.75) is 85.5 Å². The Morgan fingerprint density at radius 2 is 1.44 bits per heavy atom. The van der Waals surface area contributed by atoms with Crippen LogP contribution in [0.3, 0.4) is 0 Å². The van der Waals surface area contributed by atoms with Gasteiger partial charge in [0.2, 0.25) is 0 Å². The van der Waals surface area contributed by atoms with Crippen molar-refractivity contribution in [1.82, 2.24) is 0 Å². The Morgan fingerprint density at radius 3 is 1.96 bits per heavy atom. The first kappa shape index (κ1) is 21.3. The van der Waals surface area contributed by atoms with Gasteiger partial charge in [-0.25, -0.2) is 4.79 Å². The first-order valence-electron chi connectivity index (χ1n) is 9.78. The molecule has 0 saturated carbocycles. The topological polar surface area (TPSA) is 66.8 Å². The van der Waals surface area contributed by atoms with Crippen LogP contribution in [0.5, 0.6) is 11.5 Å². The monoisotopic (exact) mass is 350 g/mol. The maximum Gasteiger partial charge on any atom is 0.339 e. The Morgan fingerprint density at radius 1 is 0.840 bits per heavy atom. The molecule has 4 nitrogen and oxygen atoms in total. The number of hydrogen-bond acceptors (Lipinski definition) is 3. The molecule has 4 heteroatoms. The summed E-state index contributed by atoms with van der Waals surface area (Å²) in [6.45, 7) is 8.85. The van der Waals surface area contributed by atoms with Crippen LogP contribution in [0.15, 0.2) is 0 Å². The third-order valence-electron chi connectivity index (χ3n) is 4.49. The zero-order chi connectivity index (χ0) is 18.8. The molecule has 0 aliphatic heterocycles. The Bertz CT molecular complexity index is 564. The highest BCUT2D eigenvalue weighted by molar-refractivity contribution is 5.94. The van der Waals surface area contributed by atoms with Gasteiger partial charge in [0.05, 0.1) is 6.61 Å². The van der Waals surface area contributed by atoms with Gasteiger partial charge in [0.25, 0.3) is 0 Å². The van der Waals surface area contributed by atoms with E-state index in [0.29, 0.717) is 18.8 Å². The summed E-state index contributed by atoms with van der Waals surface area (Å²) in [4.78, 5) is 11.9. The molecule has 0 aliphatic rings. The predicted octanol–water partition coefficient (Wildman–Crippen LogP) is 5.52. The highest BCUT2D eigenvalue weighted by Crippen LogP contribution is 2.41. The highest BCUT2D eigenvalue weighted by Gasteiger charge is 2.27. The van der Waals surface area contributed by atoms with Crippen LogP contribution in [-0.2, 0) is 19.3 Å². The molecule has 0 atom stereocenters. The number of rotatable bonds is 12. The number of carboxylic acids is 1. The van der Waals surface area contributed by atoms with E-state index in [9.17, 15) is 15.0 Å². The van der Waals surface area contributed by atoms with E-state index in [1.807, 2.05) is 6.92 Å². The van der Waals surface area contributed by atoms with E-state index < -0.39 is 5.97 Å². The lowest BCUT2D eigenvalue weighted by atomic mass is 9.87. The summed E-state index contributed by atoms with van der Waals surface area (Å²) in [5, 5.41) is 20.4. The largest absolute Gasteiger partial charge is 0.504 e. The summed E-state index contributed by atoms with van der Waals surface area (Å²) in [5.74, 6) is -0.846. The SMILES string of the molecule is CCCCOc1c(O)c(C(=O)O)c(CCC)c(CCC)c1CCCC. The Kier molecular flexibility index (Phi) is 9.40. The number of carbonyl (C=O) groups is 1. The van der Waals surface area contributed by atoms with Gasteiger partial charge in [0.1, 0.15) is 5.56 Å². The van der Waals surface area contributed by atoms with E-state index in [1.165, 1.54) is 0 Å². The number of unbranched alkanes of at least 4 members (excludes halogenated alkanes) is 2. The quantitative estimate of drug-likeness (QED) is 0.487. The number of ether oxygens (including phenoxy) is 1. The third kappa shape index (κ3) is 5.38. The van der Waals surface area contributed by atoms with E-state index in [0.717, 1.165) is 68.1 Å². The zero-order valence-electron chi connectivity index (χ0n) is 16.3. The summed E-state index contributed by atoms with van der Waals surface area (Å²) in [6, 6.07) is 0. The second-order valence-corrected chi connectivity index (χ2v) is 6.60. The van der Waals surface area contributed by atoms with E-state index >= 15 is 0 Å². The summed E-state index contributed by atoms with van der Waals surface area (Å²) in [5.41, 5.74) is 2.94. The molecular weight excluding hydrogens is 316 g/mol. The molecule has 25 heavy (non-hydrogen) atoms. The molecule has 0 fully saturated rings. The van der Waals surface area contributed by atoms with Gasteiger partial charge in [-0.3, -0.25) is 0 Å². The molecule has 0 spiro atoms. The molecule has 2 N–H and O–H groups in total. The Labute approximate surface area is 152 Å². The number of aromatic hydroxyl groups is 1. The van der Waals surface area contributed by atoms with Crippen molar-refractivity contribution < 1.29 is 19.7 Å². The number of hydrogen-bond donors (Lipinski definition) is 2. The van der Waals surface area contributed by atoms with Crippen molar-refractivity contribution in [3.8, 4) is 11.5 Å². The first-order chi connectivity index (χ1) is 12.0. The van der Waals surface area contributed by atoms with Crippen molar-refractivity contribution in [1.29, 1.82) is 0 Å². The van der Waals surface area contributed by atoms with Crippen LogP contribution in [0.1, 0.15) is 93.3 Å². The molecule has 142 valence electrons. The predicted molar refractivity (Wildman–Crippen MR) is 102 cm³/mol. The molecule has 0 aromatic heterocycles. The lowest BCUT2D eigenvalue weighted by Crippen LogP contribution is -2.13. The zero-order valence-corrected chi connectivity index (χ0v) is 16.3. The minimum Gasteiger partial charge on any atom is -0.504 e. The molecule has 0 bridgehead atoms. The van der Waals surface area contributed by atoms with Gasteiger partial charge < -0.3 is 14.9 Å². The van der Waals surface area contributed by atoms with Gasteiger partial charge in [0, 0.05) is 5.56 Å². The van der Waals surface area contributed by atoms with Gasteiger partial charge in [-0.15, -0.1) is 0 Å². The smallest absolute Gasteiger partial charge is 0.339 e. The van der Waals surface area contributed by atoms with E-state index in [4.69, 9.17) is 4.74 Å². The summed E-state index contributed by atoms with van der Waals surface area (Å²) in [7, 11) is 0. The van der Waals surface area contributed by atoms with E-state index in [1.54, 1.807) is 0 Å². The van der Waals surface area contributed by atoms with E-state index in [-0.39, 0.29) is 11.3 Å². The van der Waals surface area contributed by atoms with Crippen LogP contribution in [-0.4, -0.2) is 22.8 Å². The molecule has 1 aromatic rings. The van der Waals surface area contributed by atoms with Crippen LogP contribution in [0.4, 0.5) is 0 Å². The molecule has 0 aliphatic carbocycles. The third-order valence-corrected chi connectivity index (χ3v) is 4.49. The maximum atomic E-state index is 11.9. The number of aromatic carboxylic acids is 1. The molecule has 1 rings (SSSR count). The second-order valence-electron chi connectivity index (χ2n) is 6.60. The van der Waals surface area contributed by atoms with Crippen LogP contribution in [0.2, 0.25) is 0 Å². The average molecular weight is 350 g/mol. The van der Waals surface area contributed by atoms with Gasteiger partial charge in [-0.05, 0) is 43.2 Å². The lowest BCUT2D eigenvalue weighted by Gasteiger charge is -2.23. The Hall–Kier alpha value is -1.71. The lowest BCUT2D eigenvalue weighted by molar-refractivity contribution is 0.0691. The van der Waals surface area contributed by atoms with Crippen molar-refractivity contribution in [2.75, 3.05) is 6.61 Å². The summed E-state index contributed by atoms with van der Waals surface area (Å²) >= 11 is 0. The van der Waals surface area contributed by atoms with Crippen molar-refractivity contribution in [3.63, 3.8) is 0 Å². The fourth-order valence-corrected chi connectivity index (χ4v) is 3.27. The van der Waals surface area contributed by atoms with Gasteiger partial charge in [0.15, 0.2) is 11.5 Å². The Balaban J connectivity index is 3.61. The fourth-order valence-electron chi connectivity index (χ4n) is 3.27. The standard InChI is InChI=1S/C21H34O4/c1-5-9-13-17-15(11-7-3)16(12-8-4)18(21(23)24)19(22)20(17)25-14-10-6-2/h22H,5-14H2,1-4H3,(H,23,24). The summed E-state index contributed by atoms with van der Waals surface area (Å²) < 4.78 is 5.90. The maximum absolute atomic E-state index is 11.9. The van der Waals surface area contributed by atoms with Gasteiger partial charge >= 0.3 is 5.97 Å². The first-order valence-corrected chi connectivity index (χ1v) is 9.78. The molecule has 0 saturated heterocycles. The number of carboxylic acid groups (broad SMARTS) is 1. The van der Waals surface area contributed by atoms with Crippen LogP contribution < -0.4 is 4.74 Å². The number of benzene rings is 1. The second kappa shape index (κ2) is 11.0. The minimum atomic E-state index is -1.07. The highest BCUT2D eigenvalue weighted by atomic mass is 16.5. The van der Waals surface area contributed by atoms with Gasteiger partial charge in [-0.2, -0.15) is 0 Å². The molecule has 0 heterocycles. The molecule has 1 aromatic carbocycles. The average Bonchev–Trinajstić information content (AvgIpc) is 2.57. The number of phenols is 1. The van der Waals surface area contributed by atoms with Gasteiger partial charge in [-0.1, -0.05) is 53.4 Å². The van der Waals surface area contributed by atoms with Crippen LogP contribution in [0.25, 0.3) is 0 Å². The van der Waals surface area contributed by atoms with Crippen molar-refractivity contribution in [2.24, 2.45) is 0 Å². The molecular formula is C21H34O4. The normalized spacial score (nSPS) is 10.9. The molecule has 0 radical (unpaired) electrons. The fraction of sp³-hybridized carbons (Fsp3) is 0.667. The molecule has 0 amide bonds. The minimum absolute atomic E-state index is 0.0389. The summed E-state index contributed by atoms with van der Waals surface area (Å²) in [6.07, 6.45) is 8.01. The van der Waals surface area contributed by atoms with Crippen molar-refractivity contribution in [3.05, 3.63) is 22.3 Å².